The van der Waals surface area contributed by atoms with E-state index in [0.29, 0.717) is 24.3 Å². The van der Waals surface area contributed by atoms with Crippen LogP contribution < -0.4 is 5.32 Å². The minimum atomic E-state index is -1.06. The van der Waals surface area contributed by atoms with Crippen LogP contribution in [-0.4, -0.2) is 59.9 Å². The number of nitrogens with one attached hydrogen (secondary N) is 1. The molecule has 0 aliphatic rings. The molecular formula is C9H16N2O4S. The maximum Gasteiger partial charge on any atom is 0.326 e. The van der Waals surface area contributed by atoms with Gasteiger partial charge in [0, 0.05) is 14.1 Å². The molecule has 0 fully saturated rings. The highest BCUT2D eigenvalue weighted by atomic mass is 32.2. The fourth-order valence-corrected chi connectivity index (χ4v) is 1.83. The van der Waals surface area contributed by atoms with E-state index in [1.165, 1.54) is 16.7 Å². The predicted molar refractivity (Wildman–Crippen MR) is 61.3 cm³/mol. The molecule has 2 amide bonds. The van der Waals surface area contributed by atoms with Crippen molar-refractivity contribution in [3.63, 3.8) is 0 Å². The van der Waals surface area contributed by atoms with Gasteiger partial charge in [0.2, 0.25) is 12.3 Å². The van der Waals surface area contributed by atoms with E-state index >= 15 is 0 Å². The van der Waals surface area contributed by atoms with Crippen molar-refractivity contribution in [2.45, 2.75) is 12.5 Å². The first kappa shape index (κ1) is 14.8. The normalized spacial score (nSPS) is 11.6. The predicted octanol–water partition coefficient (Wildman–Crippen LogP) is -0.603. The topological polar surface area (TPSA) is 86.7 Å². The molecule has 16 heavy (non-hydrogen) atoms. The number of amides is 2. The maximum absolute atomic E-state index is 11.2. The van der Waals surface area contributed by atoms with Crippen molar-refractivity contribution < 1.29 is 19.5 Å². The SMILES string of the molecule is CN(C)C(=O)CSCCC(NC=O)C(=O)O. The van der Waals surface area contributed by atoms with E-state index in [2.05, 4.69) is 5.32 Å². The first-order chi connectivity index (χ1) is 7.49. The molecule has 1 atom stereocenters. The summed E-state index contributed by atoms with van der Waals surface area (Å²) >= 11 is 1.35. The highest BCUT2D eigenvalue weighted by Crippen LogP contribution is 2.06. The van der Waals surface area contributed by atoms with Gasteiger partial charge >= 0.3 is 5.97 Å². The monoisotopic (exact) mass is 248 g/mol. The van der Waals surface area contributed by atoms with E-state index in [1.807, 2.05) is 0 Å². The van der Waals surface area contributed by atoms with Crippen LogP contribution in [0.3, 0.4) is 0 Å². The number of carboxylic acid groups (broad SMARTS) is 1. The highest BCUT2D eigenvalue weighted by molar-refractivity contribution is 7.99. The van der Waals surface area contributed by atoms with E-state index in [9.17, 15) is 14.4 Å². The first-order valence-electron chi connectivity index (χ1n) is 4.69. The third-order valence-electron chi connectivity index (χ3n) is 1.84. The van der Waals surface area contributed by atoms with Gasteiger partial charge in [0.05, 0.1) is 5.75 Å². The van der Waals surface area contributed by atoms with Crippen LogP contribution in [0.15, 0.2) is 0 Å². The van der Waals surface area contributed by atoms with E-state index in [4.69, 9.17) is 5.11 Å². The molecule has 0 radical (unpaired) electrons. The molecule has 0 aliphatic heterocycles. The summed E-state index contributed by atoms with van der Waals surface area (Å²) in [7, 11) is 3.33. The lowest BCUT2D eigenvalue weighted by Crippen LogP contribution is -2.36. The summed E-state index contributed by atoms with van der Waals surface area (Å²) in [6.07, 6.45) is 0.674. The van der Waals surface area contributed by atoms with Crippen LogP contribution in [0.2, 0.25) is 0 Å². The number of carbonyl (C=O) groups excluding carboxylic acids is 2. The van der Waals surface area contributed by atoms with E-state index in [-0.39, 0.29) is 5.91 Å². The van der Waals surface area contributed by atoms with Gasteiger partial charge in [0.1, 0.15) is 6.04 Å². The second-order valence-corrected chi connectivity index (χ2v) is 4.41. The van der Waals surface area contributed by atoms with Crippen molar-refractivity contribution in [2.24, 2.45) is 0 Å². The Morgan fingerprint density at radius 1 is 1.50 bits per heavy atom. The Balaban J connectivity index is 3.74. The lowest BCUT2D eigenvalue weighted by atomic mass is 10.2. The van der Waals surface area contributed by atoms with Gasteiger partial charge in [-0.2, -0.15) is 11.8 Å². The van der Waals surface area contributed by atoms with Gasteiger partial charge in [-0.15, -0.1) is 0 Å². The summed E-state index contributed by atoms with van der Waals surface area (Å²) in [5, 5.41) is 10.9. The van der Waals surface area contributed by atoms with Crippen LogP contribution in [0.5, 0.6) is 0 Å². The molecule has 0 spiro atoms. The number of hydrogen-bond acceptors (Lipinski definition) is 4. The molecule has 0 bridgehead atoms. The molecule has 0 aromatic carbocycles. The van der Waals surface area contributed by atoms with Gasteiger partial charge in [-0.05, 0) is 12.2 Å². The molecule has 6 nitrogen and oxygen atoms in total. The molecule has 0 aromatic rings. The number of hydrogen-bond donors (Lipinski definition) is 2. The largest absolute Gasteiger partial charge is 0.480 e. The van der Waals surface area contributed by atoms with E-state index in [1.54, 1.807) is 14.1 Å². The number of aliphatic carboxylic acids is 1. The molecule has 0 aliphatic carbocycles. The van der Waals surface area contributed by atoms with Crippen LogP contribution in [-0.2, 0) is 14.4 Å². The van der Waals surface area contributed by atoms with Crippen molar-refractivity contribution in [1.82, 2.24) is 10.2 Å². The van der Waals surface area contributed by atoms with Gasteiger partial charge in [0.15, 0.2) is 0 Å². The summed E-state index contributed by atoms with van der Waals surface area (Å²) in [5.41, 5.74) is 0. The molecule has 7 heteroatoms. The minimum Gasteiger partial charge on any atom is -0.480 e. The van der Waals surface area contributed by atoms with Gasteiger partial charge in [-0.3, -0.25) is 9.59 Å². The van der Waals surface area contributed by atoms with Crippen molar-refractivity contribution in [3.05, 3.63) is 0 Å². The zero-order valence-corrected chi connectivity index (χ0v) is 10.1. The van der Waals surface area contributed by atoms with Gasteiger partial charge in [-0.1, -0.05) is 0 Å². The average molecular weight is 248 g/mol. The van der Waals surface area contributed by atoms with Crippen LogP contribution >= 0.6 is 11.8 Å². The highest BCUT2D eigenvalue weighted by Gasteiger charge is 2.15. The molecule has 0 rings (SSSR count). The standard InChI is InChI=1S/C9H16N2O4S/c1-11(2)8(13)5-16-4-3-7(9(14)15)10-6-12/h6-7H,3-5H2,1-2H3,(H,10,12)(H,14,15). The smallest absolute Gasteiger partial charge is 0.326 e. The van der Waals surface area contributed by atoms with Crippen molar-refractivity contribution in [3.8, 4) is 0 Å². The van der Waals surface area contributed by atoms with E-state index < -0.39 is 12.0 Å². The number of carboxylic acids is 1. The van der Waals surface area contributed by atoms with Crippen molar-refractivity contribution >= 4 is 30.0 Å². The Bertz CT molecular complexity index is 258. The molecule has 0 heterocycles. The fourth-order valence-electron chi connectivity index (χ4n) is 0.850. The second kappa shape index (κ2) is 7.98. The van der Waals surface area contributed by atoms with Crippen LogP contribution in [0.1, 0.15) is 6.42 Å². The van der Waals surface area contributed by atoms with E-state index in [0.717, 1.165) is 0 Å². The Kier molecular flexibility index (Phi) is 7.36. The van der Waals surface area contributed by atoms with Crippen molar-refractivity contribution in [1.29, 1.82) is 0 Å². The lowest BCUT2D eigenvalue weighted by Gasteiger charge is -2.12. The van der Waals surface area contributed by atoms with Crippen LogP contribution in [0.4, 0.5) is 0 Å². The molecule has 2 N–H and O–H groups in total. The zero-order valence-electron chi connectivity index (χ0n) is 9.30. The first-order valence-corrected chi connectivity index (χ1v) is 5.85. The Labute approximate surface area is 98.4 Å². The molecule has 0 saturated carbocycles. The third kappa shape index (κ3) is 6.28. The average Bonchev–Trinajstić information content (AvgIpc) is 2.21. The Hall–Kier alpha value is -1.24. The van der Waals surface area contributed by atoms with Gasteiger partial charge < -0.3 is 15.3 Å². The fraction of sp³-hybridized carbons (Fsp3) is 0.667. The number of nitrogens with zero attached hydrogens (tertiary/aromatic N) is 1. The summed E-state index contributed by atoms with van der Waals surface area (Å²) < 4.78 is 0. The summed E-state index contributed by atoms with van der Waals surface area (Å²) in [6.45, 7) is 0. The molecule has 1 unspecified atom stereocenters. The Morgan fingerprint density at radius 3 is 2.56 bits per heavy atom. The summed E-state index contributed by atoms with van der Waals surface area (Å²) in [4.78, 5) is 33.4. The third-order valence-corrected chi connectivity index (χ3v) is 2.82. The lowest BCUT2D eigenvalue weighted by molar-refractivity contribution is -0.140. The number of thioether (sulfide) groups is 1. The molecular weight excluding hydrogens is 232 g/mol. The van der Waals surface area contributed by atoms with Crippen LogP contribution in [0.25, 0.3) is 0 Å². The van der Waals surface area contributed by atoms with Gasteiger partial charge in [-0.25, -0.2) is 4.79 Å². The summed E-state index contributed by atoms with van der Waals surface area (Å²) in [6, 6.07) is -0.876. The minimum absolute atomic E-state index is 0.0137. The van der Waals surface area contributed by atoms with Crippen LogP contribution in [0, 0.1) is 0 Å². The maximum atomic E-state index is 11.2. The second-order valence-electron chi connectivity index (χ2n) is 3.30. The van der Waals surface area contributed by atoms with Gasteiger partial charge in [0.25, 0.3) is 0 Å². The zero-order chi connectivity index (χ0) is 12.6. The molecule has 92 valence electrons. The summed E-state index contributed by atoms with van der Waals surface area (Å²) in [5.74, 6) is -0.246. The molecule has 0 saturated heterocycles. The Morgan fingerprint density at radius 2 is 2.12 bits per heavy atom. The van der Waals surface area contributed by atoms with Crippen molar-refractivity contribution in [2.75, 3.05) is 25.6 Å². The quantitative estimate of drug-likeness (QED) is 0.442. The molecule has 0 aromatic heterocycles. The number of rotatable bonds is 8. The number of carbonyl (C=O) groups is 3.